The van der Waals surface area contributed by atoms with Crippen LogP contribution in [0.3, 0.4) is 0 Å². The first kappa shape index (κ1) is 35.6. The second-order valence-corrected chi connectivity index (χ2v) is 15.0. The molecule has 0 radical (unpaired) electrons. The highest BCUT2D eigenvalue weighted by atomic mass is 16.5. The molecule has 1 saturated carbocycles. The van der Waals surface area contributed by atoms with E-state index in [4.69, 9.17) is 9.47 Å². The molecule has 0 aromatic heterocycles. The van der Waals surface area contributed by atoms with Gasteiger partial charge in [-0.3, -0.25) is 0 Å². The van der Waals surface area contributed by atoms with E-state index in [1.165, 1.54) is 0 Å². The molecule has 280 valence electrons. The monoisotopic (exact) mass is 738 g/mol. The Balaban J connectivity index is 1.03. The summed E-state index contributed by atoms with van der Waals surface area (Å²) < 4.78 is 11.4. The molecule has 56 heavy (non-hydrogen) atoms. The van der Waals surface area contributed by atoms with Crippen molar-refractivity contribution in [3.8, 4) is 45.3 Å². The minimum Gasteiger partial charge on any atom is -0.507 e. The summed E-state index contributed by atoms with van der Waals surface area (Å²) in [6, 6.07) is 45.8. The predicted octanol–water partition coefficient (Wildman–Crippen LogP) is 11.3. The van der Waals surface area contributed by atoms with Crippen LogP contribution in [0.2, 0.25) is 0 Å². The molecule has 0 heterocycles. The van der Waals surface area contributed by atoms with E-state index in [2.05, 4.69) is 83.4 Å². The van der Waals surface area contributed by atoms with E-state index in [0.29, 0.717) is 13.1 Å². The van der Waals surface area contributed by atoms with Crippen molar-refractivity contribution >= 4 is 43.1 Å². The Labute approximate surface area is 327 Å². The Kier molecular flexibility index (Phi) is 9.68. The van der Waals surface area contributed by atoms with Crippen molar-refractivity contribution in [1.82, 2.24) is 10.6 Å². The minimum absolute atomic E-state index is 0.181. The number of methoxy groups -OCH3 is 2. The van der Waals surface area contributed by atoms with E-state index >= 15 is 0 Å². The largest absolute Gasteiger partial charge is 0.507 e. The van der Waals surface area contributed by atoms with E-state index in [1.807, 2.05) is 60.7 Å². The first-order chi connectivity index (χ1) is 27.5. The quantitative estimate of drug-likeness (QED) is 0.112. The summed E-state index contributed by atoms with van der Waals surface area (Å²) in [6.07, 6.45) is 4.30. The maximum Gasteiger partial charge on any atom is 0.128 e. The second-order valence-electron chi connectivity index (χ2n) is 15.0. The summed E-state index contributed by atoms with van der Waals surface area (Å²) in [5, 5.41) is 40.4. The molecule has 0 amide bonds. The van der Waals surface area contributed by atoms with Crippen molar-refractivity contribution in [2.24, 2.45) is 0 Å². The fourth-order valence-electron chi connectivity index (χ4n) is 8.92. The van der Waals surface area contributed by atoms with Crippen LogP contribution in [-0.2, 0) is 13.1 Å². The Hall–Kier alpha value is -6.08. The summed E-state index contributed by atoms with van der Waals surface area (Å²) in [5.41, 5.74) is 5.25. The molecule has 0 spiro atoms. The average Bonchev–Trinajstić information content (AvgIpc) is 3.24. The van der Waals surface area contributed by atoms with Gasteiger partial charge in [0, 0.05) is 47.4 Å². The van der Waals surface area contributed by atoms with Crippen molar-refractivity contribution in [3.05, 3.63) is 145 Å². The maximum atomic E-state index is 12.1. The summed E-state index contributed by atoms with van der Waals surface area (Å²) in [6.45, 7) is 1.03. The molecular formula is C50H46N2O4. The van der Waals surface area contributed by atoms with E-state index in [-0.39, 0.29) is 23.6 Å². The molecule has 2 atom stereocenters. The van der Waals surface area contributed by atoms with Gasteiger partial charge in [-0.2, -0.15) is 0 Å². The Bertz CT molecular complexity index is 2550. The number of nitrogens with one attached hydrogen (secondary N) is 2. The van der Waals surface area contributed by atoms with Crippen molar-refractivity contribution in [1.29, 1.82) is 0 Å². The highest BCUT2D eigenvalue weighted by molar-refractivity contribution is 6.10. The lowest BCUT2D eigenvalue weighted by Crippen LogP contribution is -2.49. The van der Waals surface area contributed by atoms with Crippen molar-refractivity contribution < 1.29 is 19.7 Å². The number of phenols is 2. The van der Waals surface area contributed by atoms with Gasteiger partial charge in [0.1, 0.15) is 23.0 Å². The van der Waals surface area contributed by atoms with Gasteiger partial charge in [0.05, 0.1) is 14.2 Å². The van der Waals surface area contributed by atoms with Gasteiger partial charge in [0.25, 0.3) is 0 Å². The first-order valence-electron chi connectivity index (χ1n) is 19.6. The topological polar surface area (TPSA) is 83.0 Å². The molecule has 1 fully saturated rings. The van der Waals surface area contributed by atoms with E-state index < -0.39 is 0 Å². The smallest absolute Gasteiger partial charge is 0.128 e. The molecular weight excluding hydrogens is 693 g/mol. The van der Waals surface area contributed by atoms with Crippen LogP contribution in [-0.4, -0.2) is 36.5 Å². The highest BCUT2D eigenvalue weighted by Crippen LogP contribution is 2.45. The van der Waals surface area contributed by atoms with Gasteiger partial charge < -0.3 is 30.3 Å². The van der Waals surface area contributed by atoms with E-state index in [9.17, 15) is 10.2 Å². The molecule has 1 aliphatic rings. The lowest BCUT2D eigenvalue weighted by atomic mass is 9.88. The van der Waals surface area contributed by atoms with Crippen LogP contribution in [0.4, 0.5) is 0 Å². The van der Waals surface area contributed by atoms with E-state index in [0.717, 1.165) is 114 Å². The molecule has 6 heteroatoms. The van der Waals surface area contributed by atoms with Crippen LogP contribution >= 0.6 is 0 Å². The number of rotatable bonds is 10. The number of aromatic hydroxyl groups is 2. The Morgan fingerprint density at radius 1 is 0.482 bits per heavy atom. The van der Waals surface area contributed by atoms with Crippen LogP contribution in [0.5, 0.6) is 23.0 Å². The molecule has 8 aromatic carbocycles. The number of benzene rings is 8. The summed E-state index contributed by atoms with van der Waals surface area (Å²) >= 11 is 0. The third-order valence-corrected chi connectivity index (χ3v) is 11.8. The number of phenolic OH excluding ortho intramolecular Hbond substituents is 2. The molecule has 4 N–H and O–H groups in total. The van der Waals surface area contributed by atoms with Gasteiger partial charge in [-0.05, 0) is 103 Å². The van der Waals surface area contributed by atoms with Crippen LogP contribution in [0.25, 0.3) is 65.3 Å². The molecule has 8 aromatic rings. The summed E-state index contributed by atoms with van der Waals surface area (Å²) in [5.74, 6) is 2.08. The second kappa shape index (κ2) is 15.2. The van der Waals surface area contributed by atoms with Gasteiger partial charge in [-0.25, -0.2) is 0 Å². The number of hydrogen-bond donors (Lipinski definition) is 4. The number of fused-ring (bicyclic) bond motifs is 4. The third kappa shape index (κ3) is 6.55. The predicted molar refractivity (Wildman–Crippen MR) is 230 cm³/mol. The van der Waals surface area contributed by atoms with Gasteiger partial charge in [-0.15, -0.1) is 0 Å². The molecule has 0 unspecified atom stereocenters. The zero-order valence-corrected chi connectivity index (χ0v) is 31.8. The zero-order chi connectivity index (χ0) is 38.2. The van der Waals surface area contributed by atoms with Gasteiger partial charge in [-0.1, -0.05) is 110 Å². The van der Waals surface area contributed by atoms with Gasteiger partial charge >= 0.3 is 0 Å². The Morgan fingerprint density at radius 2 is 0.839 bits per heavy atom. The van der Waals surface area contributed by atoms with Crippen LogP contribution < -0.4 is 20.1 Å². The van der Waals surface area contributed by atoms with Crippen LogP contribution in [0.1, 0.15) is 36.8 Å². The fourth-order valence-corrected chi connectivity index (χ4v) is 8.92. The van der Waals surface area contributed by atoms with Crippen molar-refractivity contribution in [3.63, 3.8) is 0 Å². The molecule has 0 saturated heterocycles. The zero-order valence-electron chi connectivity index (χ0n) is 31.8. The first-order valence-corrected chi connectivity index (χ1v) is 19.6. The maximum absolute atomic E-state index is 12.1. The number of hydrogen-bond acceptors (Lipinski definition) is 6. The molecule has 1 aliphatic carbocycles. The summed E-state index contributed by atoms with van der Waals surface area (Å²) in [7, 11) is 3.37. The molecule has 6 nitrogen and oxygen atoms in total. The third-order valence-electron chi connectivity index (χ3n) is 11.8. The standard InChI is InChI=1S/C50H46N2O4/c1-55-37-25-33-15-3-7-17-39(33)43(27-37)47-41-19-9-5-13-31(41)23-35(49(47)53)29-51-45-21-11-12-22-46(45)52-30-36-24-32-14-6-10-20-42(32)48(50(36)54)44-28-38(56-2)26-34-16-4-8-18-40(34)44/h3-10,13-20,23-28,45-46,51-54H,11-12,21-22,29-30H2,1-2H3/t45-,46-/m1/s1. The van der Waals surface area contributed by atoms with Crippen LogP contribution in [0.15, 0.2) is 133 Å². The normalized spacial score (nSPS) is 15.8. The molecule has 9 rings (SSSR count). The molecule has 0 aliphatic heterocycles. The van der Waals surface area contributed by atoms with Crippen LogP contribution in [0, 0.1) is 0 Å². The lowest BCUT2D eigenvalue weighted by Gasteiger charge is -2.33. The SMILES string of the molecule is COc1cc(-c2c(O)c(CN[C@@H]3CCCC[C@H]3NCc3cc4ccccc4c(-c4cc(OC)cc5ccccc45)c3O)cc3ccccc23)c2ccccc2c1. The molecule has 0 bridgehead atoms. The van der Waals surface area contributed by atoms with Crippen molar-refractivity contribution in [2.75, 3.05) is 14.2 Å². The average molecular weight is 739 g/mol. The van der Waals surface area contributed by atoms with Gasteiger partial charge in [0.15, 0.2) is 0 Å². The highest BCUT2D eigenvalue weighted by Gasteiger charge is 2.27. The van der Waals surface area contributed by atoms with E-state index in [1.54, 1.807) is 14.2 Å². The van der Waals surface area contributed by atoms with Gasteiger partial charge in [0.2, 0.25) is 0 Å². The fraction of sp³-hybridized carbons (Fsp3) is 0.200. The minimum atomic E-state index is 0.181. The van der Waals surface area contributed by atoms with Crippen molar-refractivity contribution in [2.45, 2.75) is 50.9 Å². The number of ether oxygens (including phenoxy) is 2. The Morgan fingerprint density at radius 3 is 1.23 bits per heavy atom. The summed E-state index contributed by atoms with van der Waals surface area (Å²) in [4.78, 5) is 0. The lowest BCUT2D eigenvalue weighted by molar-refractivity contribution is 0.279.